The van der Waals surface area contributed by atoms with Gasteiger partial charge in [0.05, 0.1) is 10.6 Å². The van der Waals surface area contributed by atoms with Crippen molar-refractivity contribution in [2.75, 3.05) is 17.2 Å². The highest BCUT2D eigenvalue weighted by molar-refractivity contribution is 7.08. The van der Waals surface area contributed by atoms with Crippen LogP contribution in [0.15, 0.2) is 35.0 Å². The molecule has 1 aromatic heterocycles. The molecular formula is C14H15N3O3S. The Hall–Kier alpha value is -2.41. The Balaban J connectivity index is 2.29. The summed E-state index contributed by atoms with van der Waals surface area (Å²) < 4.78 is 0. The van der Waals surface area contributed by atoms with Crippen LogP contribution in [-0.2, 0) is 0 Å². The Labute approximate surface area is 126 Å². The Bertz CT molecular complexity index is 641. The number of nitro groups is 1. The van der Waals surface area contributed by atoms with Gasteiger partial charge in [-0.05, 0) is 30.0 Å². The van der Waals surface area contributed by atoms with Crippen LogP contribution in [0.4, 0.5) is 17.1 Å². The van der Waals surface area contributed by atoms with Gasteiger partial charge in [0.1, 0.15) is 5.56 Å². The lowest BCUT2D eigenvalue weighted by Crippen LogP contribution is -2.14. The van der Waals surface area contributed by atoms with Gasteiger partial charge in [-0.25, -0.2) is 0 Å². The first-order valence-electron chi connectivity index (χ1n) is 6.47. The SMILES string of the molecule is CCCNc1ccc([N+](=O)[O-])c(C(=O)Nc2ccsc2)c1. The molecule has 110 valence electrons. The highest BCUT2D eigenvalue weighted by Gasteiger charge is 2.20. The Morgan fingerprint density at radius 2 is 2.14 bits per heavy atom. The van der Waals surface area contributed by atoms with Crippen LogP contribution in [0.2, 0.25) is 0 Å². The van der Waals surface area contributed by atoms with Crippen LogP contribution in [-0.4, -0.2) is 17.4 Å². The highest BCUT2D eigenvalue weighted by Crippen LogP contribution is 2.24. The van der Waals surface area contributed by atoms with Crippen LogP contribution in [0.25, 0.3) is 0 Å². The van der Waals surface area contributed by atoms with Gasteiger partial charge in [0.15, 0.2) is 0 Å². The molecule has 1 aromatic carbocycles. The zero-order valence-corrected chi connectivity index (χ0v) is 12.3. The molecule has 0 spiro atoms. The van der Waals surface area contributed by atoms with Gasteiger partial charge in [0.2, 0.25) is 0 Å². The third kappa shape index (κ3) is 3.79. The number of carbonyl (C=O) groups excluding carboxylic acids is 1. The average Bonchev–Trinajstić information content (AvgIpc) is 2.97. The minimum absolute atomic E-state index is 0.0484. The lowest BCUT2D eigenvalue weighted by atomic mass is 10.1. The molecule has 0 aliphatic heterocycles. The zero-order valence-electron chi connectivity index (χ0n) is 11.5. The fraction of sp³-hybridized carbons (Fsp3) is 0.214. The minimum atomic E-state index is -0.549. The number of anilines is 2. The normalized spacial score (nSPS) is 10.1. The zero-order chi connectivity index (χ0) is 15.2. The monoisotopic (exact) mass is 305 g/mol. The summed E-state index contributed by atoms with van der Waals surface area (Å²) in [6.45, 7) is 2.76. The van der Waals surface area contributed by atoms with Gasteiger partial charge in [0, 0.05) is 23.7 Å². The molecule has 0 fully saturated rings. The predicted octanol–water partition coefficient (Wildman–Crippen LogP) is 3.73. The minimum Gasteiger partial charge on any atom is -0.385 e. The van der Waals surface area contributed by atoms with E-state index in [1.165, 1.54) is 23.5 Å². The number of benzene rings is 1. The van der Waals surface area contributed by atoms with E-state index in [0.29, 0.717) is 11.4 Å². The van der Waals surface area contributed by atoms with Crippen molar-refractivity contribution < 1.29 is 9.72 Å². The molecule has 0 aliphatic rings. The maximum atomic E-state index is 12.2. The van der Waals surface area contributed by atoms with Crippen molar-refractivity contribution in [3.63, 3.8) is 0 Å². The molecule has 2 aromatic rings. The van der Waals surface area contributed by atoms with Crippen molar-refractivity contribution >= 4 is 34.3 Å². The van der Waals surface area contributed by atoms with Crippen molar-refractivity contribution in [1.29, 1.82) is 0 Å². The van der Waals surface area contributed by atoms with Crippen LogP contribution in [0.5, 0.6) is 0 Å². The number of hydrogen-bond acceptors (Lipinski definition) is 5. The highest BCUT2D eigenvalue weighted by atomic mass is 32.1. The van der Waals surface area contributed by atoms with E-state index in [9.17, 15) is 14.9 Å². The fourth-order valence-corrected chi connectivity index (χ4v) is 2.38. The molecule has 0 unspecified atom stereocenters. The van der Waals surface area contributed by atoms with Crippen molar-refractivity contribution in [3.05, 3.63) is 50.7 Å². The number of nitro benzene ring substituents is 1. The summed E-state index contributed by atoms with van der Waals surface area (Å²) in [6, 6.07) is 6.21. The van der Waals surface area contributed by atoms with Crippen molar-refractivity contribution in [3.8, 4) is 0 Å². The third-order valence-electron chi connectivity index (χ3n) is 2.80. The molecule has 21 heavy (non-hydrogen) atoms. The molecule has 0 radical (unpaired) electrons. The van der Waals surface area contributed by atoms with E-state index >= 15 is 0 Å². The van der Waals surface area contributed by atoms with E-state index in [-0.39, 0.29) is 11.3 Å². The standard InChI is InChI=1S/C14H15N3O3S/c1-2-6-15-10-3-4-13(17(19)20)12(8-10)14(18)16-11-5-7-21-9-11/h3-5,7-9,15H,2,6H2,1H3,(H,16,18). The molecule has 2 N–H and O–H groups in total. The quantitative estimate of drug-likeness (QED) is 0.629. The smallest absolute Gasteiger partial charge is 0.282 e. The van der Waals surface area contributed by atoms with Gasteiger partial charge in [-0.2, -0.15) is 11.3 Å². The fourth-order valence-electron chi connectivity index (χ4n) is 1.79. The first kappa shape index (κ1) is 15.0. The number of carbonyl (C=O) groups is 1. The Morgan fingerprint density at radius 3 is 2.76 bits per heavy atom. The molecular weight excluding hydrogens is 290 g/mol. The second-order valence-electron chi connectivity index (χ2n) is 4.38. The number of nitrogens with zero attached hydrogens (tertiary/aromatic N) is 1. The first-order chi connectivity index (χ1) is 10.1. The number of amides is 1. The maximum Gasteiger partial charge on any atom is 0.282 e. The topological polar surface area (TPSA) is 84.3 Å². The van der Waals surface area contributed by atoms with Crippen molar-refractivity contribution in [2.45, 2.75) is 13.3 Å². The summed E-state index contributed by atoms with van der Waals surface area (Å²) in [7, 11) is 0. The second kappa shape index (κ2) is 6.85. The number of thiophene rings is 1. The number of nitrogens with one attached hydrogen (secondary N) is 2. The van der Waals surface area contributed by atoms with E-state index in [0.717, 1.165) is 13.0 Å². The Kier molecular flexibility index (Phi) is 4.89. The molecule has 0 atom stereocenters. The number of hydrogen-bond donors (Lipinski definition) is 2. The van der Waals surface area contributed by atoms with E-state index < -0.39 is 10.8 Å². The molecule has 0 saturated carbocycles. The molecule has 0 saturated heterocycles. The number of rotatable bonds is 6. The van der Waals surface area contributed by atoms with Gasteiger partial charge in [-0.1, -0.05) is 6.92 Å². The second-order valence-corrected chi connectivity index (χ2v) is 5.16. The third-order valence-corrected chi connectivity index (χ3v) is 3.48. The van der Waals surface area contributed by atoms with Crippen LogP contribution in [0.1, 0.15) is 23.7 Å². The molecule has 6 nitrogen and oxygen atoms in total. The summed E-state index contributed by atoms with van der Waals surface area (Å²) in [6.07, 6.45) is 0.924. The van der Waals surface area contributed by atoms with Crippen LogP contribution in [0, 0.1) is 10.1 Å². The largest absolute Gasteiger partial charge is 0.385 e. The summed E-state index contributed by atoms with van der Waals surface area (Å²) in [5.74, 6) is -0.486. The summed E-state index contributed by atoms with van der Waals surface area (Å²) in [4.78, 5) is 22.7. The van der Waals surface area contributed by atoms with Gasteiger partial charge in [-0.3, -0.25) is 14.9 Å². The maximum absolute atomic E-state index is 12.2. The summed E-state index contributed by atoms with van der Waals surface area (Å²) in [5, 5.41) is 20.4. The van der Waals surface area contributed by atoms with Gasteiger partial charge in [0.25, 0.3) is 11.6 Å². The molecule has 2 rings (SSSR count). The average molecular weight is 305 g/mol. The molecule has 1 amide bonds. The first-order valence-corrected chi connectivity index (χ1v) is 7.42. The lowest BCUT2D eigenvalue weighted by molar-refractivity contribution is -0.385. The Morgan fingerprint density at radius 1 is 1.33 bits per heavy atom. The van der Waals surface area contributed by atoms with Crippen molar-refractivity contribution in [2.24, 2.45) is 0 Å². The van der Waals surface area contributed by atoms with E-state index in [1.807, 2.05) is 12.3 Å². The molecule has 0 aliphatic carbocycles. The van der Waals surface area contributed by atoms with E-state index in [1.54, 1.807) is 17.5 Å². The van der Waals surface area contributed by atoms with Gasteiger partial charge >= 0.3 is 0 Å². The predicted molar refractivity (Wildman–Crippen MR) is 84.1 cm³/mol. The van der Waals surface area contributed by atoms with E-state index in [4.69, 9.17) is 0 Å². The van der Waals surface area contributed by atoms with Crippen molar-refractivity contribution in [1.82, 2.24) is 0 Å². The van der Waals surface area contributed by atoms with Crippen LogP contribution >= 0.6 is 11.3 Å². The van der Waals surface area contributed by atoms with E-state index in [2.05, 4.69) is 10.6 Å². The molecule has 0 bridgehead atoms. The lowest BCUT2D eigenvalue weighted by Gasteiger charge is -2.08. The summed E-state index contributed by atoms with van der Waals surface area (Å²) in [5.41, 5.74) is 1.17. The molecule has 1 heterocycles. The molecule has 7 heteroatoms. The van der Waals surface area contributed by atoms with Gasteiger partial charge < -0.3 is 10.6 Å². The van der Waals surface area contributed by atoms with Crippen LogP contribution in [0.3, 0.4) is 0 Å². The summed E-state index contributed by atoms with van der Waals surface area (Å²) >= 11 is 1.44. The van der Waals surface area contributed by atoms with Crippen LogP contribution < -0.4 is 10.6 Å². The van der Waals surface area contributed by atoms with Gasteiger partial charge in [-0.15, -0.1) is 0 Å².